The Bertz CT molecular complexity index is 880. The zero-order chi connectivity index (χ0) is 19.0. The number of amides is 2. The number of hydrogen-bond donors (Lipinski definition) is 1. The molecule has 5 heteroatoms. The van der Waals surface area contributed by atoms with Crippen molar-refractivity contribution in [3.8, 4) is 0 Å². The van der Waals surface area contributed by atoms with Gasteiger partial charge < -0.3 is 10.2 Å². The summed E-state index contributed by atoms with van der Waals surface area (Å²) in [5.74, 6) is 0.210. The Morgan fingerprint density at radius 3 is 2.70 bits per heavy atom. The Hall–Kier alpha value is -2.69. The minimum Gasteiger partial charge on any atom is -0.352 e. The molecule has 2 aliphatic rings. The second-order valence-electron chi connectivity index (χ2n) is 7.97. The van der Waals surface area contributed by atoms with Gasteiger partial charge in [0.2, 0.25) is 5.91 Å². The summed E-state index contributed by atoms with van der Waals surface area (Å²) in [6, 6.07) is 9.68. The van der Waals surface area contributed by atoms with Crippen LogP contribution in [-0.2, 0) is 11.3 Å². The third kappa shape index (κ3) is 3.46. The Balaban J connectivity index is 1.35. The first-order chi connectivity index (χ1) is 13.0. The van der Waals surface area contributed by atoms with E-state index in [2.05, 4.69) is 10.3 Å². The second kappa shape index (κ2) is 6.80. The van der Waals surface area contributed by atoms with Gasteiger partial charge in [0.05, 0.1) is 0 Å². The number of aryl methyl sites for hydroxylation is 2. The van der Waals surface area contributed by atoms with Gasteiger partial charge >= 0.3 is 0 Å². The number of hydrogen-bond acceptors (Lipinski definition) is 3. The molecule has 1 aliphatic heterocycles. The molecule has 4 rings (SSSR count). The molecule has 0 bridgehead atoms. The topological polar surface area (TPSA) is 62.3 Å². The fourth-order valence-corrected chi connectivity index (χ4v) is 4.11. The largest absolute Gasteiger partial charge is 0.352 e. The predicted molar refractivity (Wildman–Crippen MR) is 103 cm³/mol. The molecule has 1 saturated carbocycles. The summed E-state index contributed by atoms with van der Waals surface area (Å²) in [7, 11) is 0. The van der Waals surface area contributed by atoms with E-state index in [4.69, 9.17) is 0 Å². The van der Waals surface area contributed by atoms with Gasteiger partial charge in [-0.25, -0.2) is 0 Å². The Morgan fingerprint density at radius 2 is 1.96 bits per heavy atom. The van der Waals surface area contributed by atoms with E-state index in [0.717, 1.165) is 36.1 Å². The lowest BCUT2D eigenvalue weighted by atomic mass is 10.0. The second-order valence-corrected chi connectivity index (χ2v) is 7.97. The van der Waals surface area contributed by atoms with E-state index in [-0.39, 0.29) is 23.1 Å². The van der Waals surface area contributed by atoms with Gasteiger partial charge in [0, 0.05) is 48.9 Å². The van der Waals surface area contributed by atoms with Gasteiger partial charge in [-0.05, 0) is 67.6 Å². The van der Waals surface area contributed by atoms with Crippen molar-refractivity contribution >= 4 is 11.8 Å². The summed E-state index contributed by atoms with van der Waals surface area (Å²) in [5.41, 5.74) is 4.10. The van der Waals surface area contributed by atoms with Gasteiger partial charge in [0.15, 0.2) is 0 Å². The molecular weight excluding hydrogens is 338 g/mol. The van der Waals surface area contributed by atoms with Gasteiger partial charge in [0.1, 0.15) is 0 Å². The van der Waals surface area contributed by atoms with Crippen LogP contribution in [0.1, 0.15) is 39.9 Å². The van der Waals surface area contributed by atoms with Crippen molar-refractivity contribution in [2.75, 3.05) is 13.1 Å². The Kier molecular flexibility index (Phi) is 4.46. The van der Waals surface area contributed by atoms with E-state index in [0.29, 0.717) is 13.1 Å². The summed E-state index contributed by atoms with van der Waals surface area (Å²) in [6.45, 7) is 6.03. The average Bonchev–Trinajstić information content (AvgIpc) is 3.22. The van der Waals surface area contributed by atoms with E-state index in [9.17, 15) is 9.59 Å². The number of pyridine rings is 1. The molecule has 2 aromatic rings. The highest BCUT2D eigenvalue weighted by atomic mass is 16.2. The Labute approximate surface area is 159 Å². The number of likely N-dealkylation sites (tertiary alicyclic amines) is 1. The van der Waals surface area contributed by atoms with Crippen LogP contribution in [0.3, 0.4) is 0 Å². The van der Waals surface area contributed by atoms with E-state index in [1.165, 1.54) is 5.56 Å². The molecule has 2 fully saturated rings. The first-order valence-corrected chi connectivity index (χ1v) is 9.52. The molecule has 0 radical (unpaired) electrons. The highest BCUT2D eigenvalue weighted by Gasteiger charge is 2.61. The first-order valence-electron chi connectivity index (χ1n) is 9.52. The zero-order valence-electron chi connectivity index (χ0n) is 15.9. The lowest BCUT2D eigenvalue weighted by molar-refractivity contribution is -0.123. The number of carbonyl (C=O) groups is 2. The van der Waals surface area contributed by atoms with E-state index in [1.54, 1.807) is 12.4 Å². The highest BCUT2D eigenvalue weighted by molar-refractivity contribution is 5.95. The maximum Gasteiger partial charge on any atom is 0.253 e. The van der Waals surface area contributed by atoms with Crippen LogP contribution >= 0.6 is 0 Å². The highest BCUT2D eigenvalue weighted by Crippen LogP contribution is 2.58. The molecule has 1 aromatic carbocycles. The third-order valence-electron chi connectivity index (χ3n) is 6.15. The summed E-state index contributed by atoms with van der Waals surface area (Å²) in [4.78, 5) is 31.3. The number of rotatable bonds is 4. The van der Waals surface area contributed by atoms with Gasteiger partial charge in [-0.1, -0.05) is 6.07 Å². The molecule has 1 aromatic heterocycles. The third-order valence-corrected chi connectivity index (χ3v) is 6.15. The van der Waals surface area contributed by atoms with Crippen molar-refractivity contribution < 1.29 is 9.59 Å². The summed E-state index contributed by atoms with van der Waals surface area (Å²) in [5, 5.41) is 3.03. The molecule has 1 saturated heterocycles. The number of nitrogens with one attached hydrogen (secondary N) is 1. The zero-order valence-corrected chi connectivity index (χ0v) is 15.9. The fraction of sp³-hybridized carbons (Fsp3) is 0.409. The van der Waals surface area contributed by atoms with Crippen molar-refractivity contribution in [1.29, 1.82) is 0 Å². The normalized spacial score (nSPS) is 23.5. The molecule has 1 spiro atoms. The number of nitrogens with zero attached hydrogens (tertiary/aromatic N) is 2. The van der Waals surface area contributed by atoms with Crippen LogP contribution in [0.2, 0.25) is 0 Å². The lowest BCUT2D eigenvalue weighted by Crippen LogP contribution is -2.31. The molecule has 140 valence electrons. The SMILES string of the molecule is Cc1ccc(C(=O)N2CC[C@@]3(C[C@@H]3C(=O)NCc3ccncc3)C2)cc1C. The fourth-order valence-electron chi connectivity index (χ4n) is 4.11. The van der Waals surface area contributed by atoms with Crippen LogP contribution in [0.25, 0.3) is 0 Å². The predicted octanol–water partition coefficient (Wildman–Crippen LogP) is 2.87. The van der Waals surface area contributed by atoms with Gasteiger partial charge in [-0.15, -0.1) is 0 Å². The van der Waals surface area contributed by atoms with E-state index < -0.39 is 0 Å². The number of aromatic nitrogens is 1. The van der Waals surface area contributed by atoms with Crippen LogP contribution in [0.4, 0.5) is 0 Å². The van der Waals surface area contributed by atoms with E-state index >= 15 is 0 Å². The molecular formula is C22H25N3O2. The minimum absolute atomic E-state index is 0.0161. The van der Waals surface area contributed by atoms with Gasteiger partial charge in [-0.2, -0.15) is 0 Å². The molecule has 2 heterocycles. The van der Waals surface area contributed by atoms with Crippen LogP contribution in [-0.4, -0.2) is 34.8 Å². The monoisotopic (exact) mass is 363 g/mol. The summed E-state index contributed by atoms with van der Waals surface area (Å²) in [6.07, 6.45) is 5.25. The molecule has 1 N–H and O–H groups in total. The number of carbonyl (C=O) groups excluding carboxylic acids is 2. The lowest BCUT2D eigenvalue weighted by Gasteiger charge is -2.17. The van der Waals surface area contributed by atoms with Crippen LogP contribution < -0.4 is 5.32 Å². The standard InChI is InChI=1S/C22H25N3O2/c1-15-3-4-18(11-16(15)2)21(27)25-10-7-22(14-25)12-19(22)20(26)24-13-17-5-8-23-9-6-17/h3-6,8-9,11,19H,7,10,12-14H2,1-2H3,(H,24,26)/t19-,22-/m1/s1. The molecule has 2 amide bonds. The van der Waals surface area contributed by atoms with Crippen molar-refractivity contribution in [3.05, 3.63) is 65.0 Å². The smallest absolute Gasteiger partial charge is 0.253 e. The minimum atomic E-state index is -0.0161. The molecule has 27 heavy (non-hydrogen) atoms. The first kappa shape index (κ1) is 17.7. The number of benzene rings is 1. The van der Waals surface area contributed by atoms with Crippen molar-refractivity contribution in [1.82, 2.24) is 15.2 Å². The average molecular weight is 363 g/mol. The van der Waals surface area contributed by atoms with Crippen LogP contribution in [0, 0.1) is 25.2 Å². The van der Waals surface area contributed by atoms with Gasteiger partial charge in [0.25, 0.3) is 5.91 Å². The maximum absolute atomic E-state index is 12.8. The summed E-state index contributed by atoms with van der Waals surface area (Å²) >= 11 is 0. The molecule has 0 unspecified atom stereocenters. The molecule has 5 nitrogen and oxygen atoms in total. The van der Waals surface area contributed by atoms with Crippen LogP contribution in [0.15, 0.2) is 42.7 Å². The van der Waals surface area contributed by atoms with Crippen LogP contribution in [0.5, 0.6) is 0 Å². The summed E-state index contributed by atoms with van der Waals surface area (Å²) < 4.78 is 0. The molecule has 2 atom stereocenters. The van der Waals surface area contributed by atoms with Crippen molar-refractivity contribution in [2.24, 2.45) is 11.3 Å². The quantitative estimate of drug-likeness (QED) is 0.909. The maximum atomic E-state index is 12.8. The molecule has 1 aliphatic carbocycles. The van der Waals surface area contributed by atoms with Crippen molar-refractivity contribution in [2.45, 2.75) is 33.2 Å². The van der Waals surface area contributed by atoms with E-state index in [1.807, 2.05) is 49.1 Å². The van der Waals surface area contributed by atoms with Crippen molar-refractivity contribution in [3.63, 3.8) is 0 Å². The Morgan fingerprint density at radius 1 is 1.19 bits per heavy atom. The van der Waals surface area contributed by atoms with Gasteiger partial charge in [-0.3, -0.25) is 14.6 Å².